The lowest BCUT2D eigenvalue weighted by molar-refractivity contribution is -0.139. The maximum atomic E-state index is 15.1. The van der Waals surface area contributed by atoms with E-state index in [4.69, 9.17) is 51.6 Å². The third-order valence-corrected chi connectivity index (χ3v) is 22.5. The molecule has 4 unspecified atom stereocenters. The summed E-state index contributed by atoms with van der Waals surface area (Å²) in [5.41, 5.74) is 48.4. The summed E-state index contributed by atoms with van der Waals surface area (Å²) in [6.45, 7) is 12.4. The normalized spacial score (nSPS) is 17.1. The van der Waals surface area contributed by atoms with Gasteiger partial charge in [-0.2, -0.15) is 0 Å². The zero-order chi connectivity index (χ0) is 96.1. The van der Waals surface area contributed by atoms with E-state index in [1.165, 1.54) is 13.8 Å². The smallest absolute Gasteiger partial charge is 0.245 e. The van der Waals surface area contributed by atoms with E-state index in [0.29, 0.717) is 25.7 Å². The highest BCUT2D eigenvalue weighted by atomic mass is 16.3. The molecule has 0 radical (unpaired) electrons. The van der Waals surface area contributed by atoms with Gasteiger partial charge in [-0.05, 0) is 134 Å². The third-order valence-electron chi connectivity index (χ3n) is 22.5. The SMILES string of the molecule is CCC(NC(=O)[C@H](CCCN=C(N)N)NC(=O)[C@H](CC(C)C)NC(=O)[C@H](CO)NC(C)=O)C(=O)NC(CC1CCCCC1)C(=O)NC(CC1CCCCC1)C(=O)N[C@@H](CC(N)=O)C(=O)N[C@@H](CC(C)C)C(=O)NC(C)(C)C(=O)N[C@H](C(=O)N[C@@H](CCCN=C(N)N)C(=O)N[C@@H](CCC(N)=O)C(=O)N[C@@H](CCCN=C(N)N)C(=O)NC(CC1CCCCC1)C(N)=O)[C@@H](C)O. The van der Waals surface area contributed by atoms with Gasteiger partial charge in [-0.15, -0.1) is 0 Å². The van der Waals surface area contributed by atoms with Gasteiger partial charge in [0, 0.05) is 33.0 Å². The maximum Gasteiger partial charge on any atom is 0.245 e. The molecule has 128 heavy (non-hydrogen) atoms. The molecule has 0 spiro atoms. The van der Waals surface area contributed by atoms with Gasteiger partial charge in [-0.3, -0.25) is 96.5 Å². The summed E-state index contributed by atoms with van der Waals surface area (Å²) in [6.07, 6.45) is 8.69. The first-order chi connectivity index (χ1) is 60.2. The van der Waals surface area contributed by atoms with Crippen molar-refractivity contribution in [3.63, 3.8) is 0 Å². The molecule has 0 aromatic heterocycles. The number of aliphatic hydroxyl groups is 2. The zero-order valence-electron chi connectivity index (χ0n) is 75.9. The molecule has 3 aliphatic rings. The molecular formula is C83H148N26O19. The molecule has 45 nitrogen and oxygen atoms in total. The molecule has 45 heteroatoms. The monoisotopic (exact) mass is 1810 g/mol. The van der Waals surface area contributed by atoms with Gasteiger partial charge >= 0.3 is 0 Å². The number of rotatable bonds is 58. The van der Waals surface area contributed by atoms with Crippen molar-refractivity contribution in [1.29, 1.82) is 0 Å². The Hall–Kier alpha value is -11.3. The number of carbonyl (C=O) groups is 17. The second kappa shape index (κ2) is 57.5. The number of nitrogens with two attached hydrogens (primary N) is 9. The van der Waals surface area contributed by atoms with E-state index in [0.717, 1.165) is 84.5 Å². The summed E-state index contributed by atoms with van der Waals surface area (Å²) in [6, 6.07) is -19.2. The predicted octanol–water partition coefficient (Wildman–Crippen LogP) is -5.22. The number of hydrogen-bond donors (Lipinski definition) is 25. The van der Waals surface area contributed by atoms with E-state index in [9.17, 15) is 82.1 Å². The van der Waals surface area contributed by atoms with E-state index in [1.54, 1.807) is 34.6 Å². The fourth-order valence-electron chi connectivity index (χ4n) is 15.6. The lowest BCUT2D eigenvalue weighted by Crippen LogP contribution is -2.65. The molecule has 17 amide bonds. The molecule has 0 aliphatic heterocycles. The Balaban J connectivity index is 1.97. The Kier molecular flexibility index (Phi) is 49.8. The van der Waals surface area contributed by atoms with Crippen LogP contribution in [0.2, 0.25) is 0 Å². The number of nitrogens with one attached hydrogen (secondary N) is 14. The van der Waals surface area contributed by atoms with Crippen LogP contribution in [-0.2, 0) is 81.5 Å². The van der Waals surface area contributed by atoms with Gasteiger partial charge < -0.3 is 136 Å². The Labute approximate surface area is 748 Å². The van der Waals surface area contributed by atoms with Crippen LogP contribution < -0.4 is 126 Å². The summed E-state index contributed by atoms with van der Waals surface area (Å²) < 4.78 is 0. The van der Waals surface area contributed by atoms with Crippen molar-refractivity contribution in [2.24, 2.45) is 96.2 Å². The van der Waals surface area contributed by atoms with Crippen molar-refractivity contribution in [3.05, 3.63) is 0 Å². The quantitative estimate of drug-likeness (QED) is 0.0154. The first-order valence-corrected chi connectivity index (χ1v) is 44.8. The number of guanidine groups is 3. The van der Waals surface area contributed by atoms with Crippen molar-refractivity contribution >= 4 is 118 Å². The summed E-state index contributed by atoms with van der Waals surface area (Å²) in [5.74, 6) is -17.3. The van der Waals surface area contributed by atoms with Crippen LogP contribution in [0.1, 0.15) is 255 Å². The van der Waals surface area contributed by atoms with Crippen LogP contribution in [0.5, 0.6) is 0 Å². The summed E-state index contributed by atoms with van der Waals surface area (Å²) in [7, 11) is 0. The van der Waals surface area contributed by atoms with E-state index < -0.39 is 216 Å². The van der Waals surface area contributed by atoms with Crippen LogP contribution in [0.15, 0.2) is 15.0 Å². The molecule has 3 rings (SSSR count). The van der Waals surface area contributed by atoms with Gasteiger partial charge in [0.1, 0.15) is 84.1 Å². The van der Waals surface area contributed by atoms with E-state index in [2.05, 4.69) is 89.4 Å². The van der Waals surface area contributed by atoms with Crippen LogP contribution in [-0.4, -0.2) is 245 Å². The first kappa shape index (κ1) is 111. The summed E-state index contributed by atoms with van der Waals surface area (Å²) in [5, 5.41) is 57.4. The van der Waals surface area contributed by atoms with Crippen molar-refractivity contribution < 1.29 is 91.7 Å². The molecule has 3 fully saturated rings. The third kappa shape index (κ3) is 43.0. The van der Waals surface area contributed by atoms with Crippen LogP contribution in [0.4, 0.5) is 0 Å². The molecule has 3 aliphatic carbocycles. The Morgan fingerprint density at radius 1 is 0.359 bits per heavy atom. The molecule has 0 aromatic rings. The highest BCUT2D eigenvalue weighted by molar-refractivity contribution is 6.02. The number of nitrogens with zero attached hydrogens (tertiary/aromatic N) is 3. The zero-order valence-corrected chi connectivity index (χ0v) is 75.9. The van der Waals surface area contributed by atoms with Gasteiger partial charge in [0.25, 0.3) is 0 Å². The number of aliphatic hydroxyl groups excluding tert-OH is 2. The number of primary amides is 3. The molecular weight excluding hydrogens is 1670 g/mol. The Morgan fingerprint density at radius 2 is 0.664 bits per heavy atom. The molecule has 0 saturated heterocycles. The minimum atomic E-state index is -2.03. The lowest BCUT2D eigenvalue weighted by Gasteiger charge is -2.32. The van der Waals surface area contributed by atoms with Crippen LogP contribution in [0, 0.1) is 29.6 Å². The fraction of sp³-hybridized carbons (Fsp3) is 0.759. The minimum absolute atomic E-state index is 0.00930. The highest BCUT2D eigenvalue weighted by Crippen LogP contribution is 2.31. The summed E-state index contributed by atoms with van der Waals surface area (Å²) in [4.78, 5) is 250. The van der Waals surface area contributed by atoms with Crippen LogP contribution in [0.3, 0.4) is 0 Å². The van der Waals surface area contributed by atoms with Crippen molar-refractivity contribution in [2.45, 2.75) is 345 Å². The molecule has 34 N–H and O–H groups in total. The van der Waals surface area contributed by atoms with Gasteiger partial charge in [-0.1, -0.05) is 131 Å². The van der Waals surface area contributed by atoms with Crippen molar-refractivity contribution in [1.82, 2.24) is 74.4 Å². The second-order valence-electron chi connectivity index (χ2n) is 35.2. The first-order valence-electron chi connectivity index (χ1n) is 44.8. The minimum Gasteiger partial charge on any atom is -0.394 e. The average molecular weight is 1810 g/mol. The van der Waals surface area contributed by atoms with Crippen LogP contribution >= 0.6 is 0 Å². The van der Waals surface area contributed by atoms with E-state index >= 15 is 9.59 Å². The van der Waals surface area contributed by atoms with E-state index in [1.807, 2.05) is 0 Å². The lowest BCUT2D eigenvalue weighted by atomic mass is 9.83. The molecule has 0 aromatic carbocycles. The van der Waals surface area contributed by atoms with Crippen LogP contribution in [0.25, 0.3) is 0 Å². The van der Waals surface area contributed by atoms with Gasteiger partial charge in [0.05, 0.1) is 19.1 Å². The molecule has 0 bridgehead atoms. The summed E-state index contributed by atoms with van der Waals surface area (Å²) >= 11 is 0. The topological polar surface area (TPSA) is 770 Å². The molecule has 14 atom stereocenters. The fourth-order valence-corrected chi connectivity index (χ4v) is 15.6. The molecule has 3 saturated carbocycles. The van der Waals surface area contributed by atoms with Gasteiger partial charge in [0.2, 0.25) is 100 Å². The average Bonchev–Trinajstić information content (AvgIpc) is 0.834. The standard InChI is InChI=1S/C83H148N26O19/c1-10-51(97-68(117)52(29-20-34-93-80(87)88)99-72(121)57(37-44(2)3)103-76(125)62(43-110)96-47(7)112)67(116)105-59(40-49-25-16-12-17-26-49)73(122)106-60(41-50-27-18-13-19-28-50)74(123)107-61(42-64(85)114)75(124)104-58(38-45(4)5)77(126)109-83(8,9)79(128)108-65(46(6)111)78(127)101-54(31-22-36-95-82(91)92)69(118)100-55(32-33-63(84)113)71(120)98-53(30-21-35-94-81(89)90)70(119)102-56(66(86)115)39-48-23-14-11-15-24-48/h44-46,48-62,65,110-111H,10-43H2,1-9H3,(H2,84,113)(H2,85,114)(H2,86,115)(H,96,112)(H,97,117)(H,98,120)(H,99,121)(H,100,118)(H,101,127)(H,102,119)(H,103,125)(H,104,124)(H,105,116)(H,106,122)(H,107,123)(H,108,128)(H,109,126)(H4,87,88,93)(H4,89,90,94)(H4,91,92,95)/t46-,51?,52+,53+,54+,55+,56?,57+,58+,59?,60?,61+,62+,65+/m1/s1. The maximum absolute atomic E-state index is 15.1. The molecule has 724 valence electrons. The number of aliphatic imine (C=N–C) groups is 3. The van der Waals surface area contributed by atoms with E-state index in [-0.39, 0.29) is 144 Å². The van der Waals surface area contributed by atoms with Gasteiger partial charge in [0.15, 0.2) is 17.9 Å². The largest absolute Gasteiger partial charge is 0.394 e. The number of amides is 17. The number of hydrogen-bond acceptors (Lipinski definition) is 22. The Morgan fingerprint density at radius 3 is 1.01 bits per heavy atom. The highest BCUT2D eigenvalue weighted by Gasteiger charge is 2.42. The Bertz CT molecular complexity index is 3780. The molecule has 0 heterocycles. The second-order valence-corrected chi connectivity index (χ2v) is 35.2. The van der Waals surface area contributed by atoms with Crippen molar-refractivity contribution in [3.8, 4) is 0 Å². The van der Waals surface area contributed by atoms with Gasteiger partial charge in [-0.25, -0.2) is 0 Å². The number of carbonyl (C=O) groups excluding carboxylic acids is 17. The predicted molar refractivity (Wildman–Crippen MR) is 476 cm³/mol. The van der Waals surface area contributed by atoms with Crippen molar-refractivity contribution in [2.75, 3.05) is 26.2 Å².